The van der Waals surface area contributed by atoms with Crippen LogP contribution in [0.5, 0.6) is 0 Å². The van der Waals surface area contributed by atoms with Crippen LogP contribution >= 0.6 is 0 Å². The highest BCUT2D eigenvalue weighted by Crippen LogP contribution is 2.29. The molecule has 0 aliphatic heterocycles. The lowest BCUT2D eigenvalue weighted by molar-refractivity contribution is -0.119. The summed E-state index contributed by atoms with van der Waals surface area (Å²) in [5, 5.41) is 0. The fourth-order valence-corrected chi connectivity index (χ4v) is 3.11. The van der Waals surface area contributed by atoms with Crippen molar-refractivity contribution in [2.24, 2.45) is 0 Å². The quantitative estimate of drug-likeness (QED) is 0.686. The molecular weight excluding hydrogens is 294 g/mol. The Morgan fingerprint density at radius 3 is 2.38 bits per heavy atom. The first-order valence-electron chi connectivity index (χ1n) is 8.20. The lowest BCUT2D eigenvalue weighted by Crippen LogP contribution is -2.17. The van der Waals surface area contributed by atoms with Crippen LogP contribution in [0.1, 0.15) is 33.9 Å². The first kappa shape index (κ1) is 16.1. The molecule has 0 amide bonds. The molecule has 1 atom stereocenters. The molecule has 1 unspecified atom stereocenters. The van der Waals surface area contributed by atoms with E-state index in [1.54, 1.807) is 6.20 Å². The lowest BCUT2D eigenvalue weighted by atomic mass is 9.83. The maximum atomic E-state index is 13.2. The summed E-state index contributed by atoms with van der Waals surface area (Å²) >= 11 is 0. The minimum absolute atomic E-state index is 0.209. The Kier molecular flexibility index (Phi) is 4.85. The van der Waals surface area contributed by atoms with E-state index in [9.17, 15) is 4.79 Å². The highest BCUT2D eigenvalue weighted by Gasteiger charge is 2.23. The van der Waals surface area contributed by atoms with Gasteiger partial charge in [-0.3, -0.25) is 9.78 Å². The van der Waals surface area contributed by atoms with E-state index in [0.29, 0.717) is 6.42 Å². The van der Waals surface area contributed by atoms with E-state index in [0.717, 1.165) is 27.9 Å². The standard InChI is InChI=1S/C22H21NO/c1-16-8-6-7-11-20(16)22(19-9-4-3-5-10-19)21(24)15-18-12-13-23-17(2)14-18/h3-14,22H,15H2,1-2H3. The normalized spacial score (nSPS) is 11.9. The van der Waals surface area contributed by atoms with Crippen molar-refractivity contribution in [2.75, 3.05) is 0 Å². The van der Waals surface area contributed by atoms with Crippen LogP contribution in [0.2, 0.25) is 0 Å². The average Bonchev–Trinajstić information content (AvgIpc) is 2.58. The van der Waals surface area contributed by atoms with Crippen LogP contribution in [-0.4, -0.2) is 10.8 Å². The summed E-state index contributed by atoms with van der Waals surface area (Å²) in [6, 6.07) is 22.1. The Morgan fingerprint density at radius 2 is 1.67 bits per heavy atom. The Balaban J connectivity index is 1.99. The smallest absolute Gasteiger partial charge is 0.149 e. The van der Waals surface area contributed by atoms with Gasteiger partial charge in [-0.2, -0.15) is 0 Å². The second-order valence-electron chi connectivity index (χ2n) is 6.15. The molecule has 0 fully saturated rings. The van der Waals surface area contributed by atoms with Gasteiger partial charge in [-0.25, -0.2) is 0 Å². The van der Waals surface area contributed by atoms with Gasteiger partial charge in [0.25, 0.3) is 0 Å². The van der Waals surface area contributed by atoms with Gasteiger partial charge in [0.05, 0.1) is 5.92 Å². The Hall–Kier alpha value is -2.74. The molecule has 3 rings (SSSR count). The van der Waals surface area contributed by atoms with Crippen molar-refractivity contribution in [1.82, 2.24) is 4.98 Å². The van der Waals surface area contributed by atoms with Crippen LogP contribution in [-0.2, 0) is 11.2 Å². The maximum Gasteiger partial charge on any atom is 0.149 e. The molecule has 2 aromatic carbocycles. The SMILES string of the molecule is Cc1cc(CC(=O)C(c2ccccc2)c2ccccc2C)ccn1. The first-order chi connectivity index (χ1) is 11.6. The molecular formula is C22H21NO. The minimum atomic E-state index is -0.235. The molecule has 1 aromatic heterocycles. The summed E-state index contributed by atoms with van der Waals surface area (Å²) in [7, 11) is 0. The van der Waals surface area contributed by atoms with Gasteiger partial charge in [-0.15, -0.1) is 0 Å². The van der Waals surface area contributed by atoms with Gasteiger partial charge in [-0.05, 0) is 48.2 Å². The predicted molar refractivity (Wildman–Crippen MR) is 97.1 cm³/mol. The number of aromatic nitrogens is 1. The van der Waals surface area contributed by atoms with Gasteiger partial charge in [-0.1, -0.05) is 54.6 Å². The molecule has 3 aromatic rings. The minimum Gasteiger partial charge on any atom is -0.298 e. The number of nitrogens with zero attached hydrogens (tertiary/aromatic N) is 1. The van der Waals surface area contributed by atoms with E-state index in [4.69, 9.17) is 0 Å². The van der Waals surface area contributed by atoms with E-state index in [1.807, 2.05) is 61.5 Å². The molecule has 0 saturated heterocycles. The van der Waals surface area contributed by atoms with Gasteiger partial charge in [0, 0.05) is 18.3 Å². The molecule has 0 spiro atoms. The number of hydrogen-bond donors (Lipinski definition) is 0. The van der Waals surface area contributed by atoms with Gasteiger partial charge in [0.15, 0.2) is 0 Å². The molecule has 2 nitrogen and oxygen atoms in total. The molecule has 120 valence electrons. The van der Waals surface area contributed by atoms with Gasteiger partial charge in [0.1, 0.15) is 5.78 Å². The summed E-state index contributed by atoms with van der Waals surface area (Å²) in [6.07, 6.45) is 2.18. The molecule has 0 N–H and O–H groups in total. The third-order valence-corrected chi connectivity index (χ3v) is 4.29. The predicted octanol–water partition coefficient (Wildman–Crippen LogP) is 4.64. The topological polar surface area (TPSA) is 30.0 Å². The molecule has 0 bridgehead atoms. The molecule has 24 heavy (non-hydrogen) atoms. The number of rotatable bonds is 5. The van der Waals surface area contributed by atoms with Crippen LogP contribution in [0.25, 0.3) is 0 Å². The van der Waals surface area contributed by atoms with Crippen LogP contribution in [0.3, 0.4) is 0 Å². The molecule has 0 radical (unpaired) electrons. The largest absolute Gasteiger partial charge is 0.298 e. The van der Waals surface area contributed by atoms with Gasteiger partial charge < -0.3 is 0 Å². The molecule has 1 heterocycles. The van der Waals surface area contributed by atoms with Crippen LogP contribution in [0.15, 0.2) is 72.9 Å². The monoisotopic (exact) mass is 315 g/mol. The van der Waals surface area contributed by atoms with Crippen LogP contribution in [0, 0.1) is 13.8 Å². The average molecular weight is 315 g/mol. The zero-order chi connectivity index (χ0) is 16.9. The number of carbonyl (C=O) groups excluding carboxylic acids is 1. The summed E-state index contributed by atoms with van der Waals surface area (Å²) in [6.45, 7) is 4.01. The van der Waals surface area contributed by atoms with Crippen molar-refractivity contribution < 1.29 is 4.79 Å². The van der Waals surface area contributed by atoms with Gasteiger partial charge in [0.2, 0.25) is 0 Å². The molecule has 0 aliphatic carbocycles. The fourth-order valence-electron chi connectivity index (χ4n) is 3.11. The fraction of sp³-hybridized carbons (Fsp3) is 0.182. The van der Waals surface area contributed by atoms with Crippen LogP contribution < -0.4 is 0 Å². The first-order valence-corrected chi connectivity index (χ1v) is 8.20. The van der Waals surface area contributed by atoms with Crippen molar-refractivity contribution in [3.63, 3.8) is 0 Å². The summed E-state index contributed by atoms with van der Waals surface area (Å²) in [4.78, 5) is 17.4. The number of hydrogen-bond acceptors (Lipinski definition) is 2. The zero-order valence-electron chi connectivity index (χ0n) is 14.1. The third kappa shape index (κ3) is 3.60. The van der Waals surface area contributed by atoms with Crippen molar-refractivity contribution in [3.05, 3.63) is 101 Å². The van der Waals surface area contributed by atoms with E-state index in [1.165, 1.54) is 0 Å². The number of benzene rings is 2. The Morgan fingerprint density at radius 1 is 0.958 bits per heavy atom. The Labute approximate surface area is 143 Å². The molecule has 0 saturated carbocycles. The van der Waals surface area contributed by atoms with Gasteiger partial charge >= 0.3 is 0 Å². The number of aryl methyl sites for hydroxylation is 2. The highest BCUT2D eigenvalue weighted by atomic mass is 16.1. The Bertz CT molecular complexity index is 839. The summed E-state index contributed by atoms with van der Waals surface area (Å²) in [5.41, 5.74) is 5.22. The van der Waals surface area contributed by atoms with Crippen molar-refractivity contribution in [3.8, 4) is 0 Å². The van der Waals surface area contributed by atoms with E-state index < -0.39 is 0 Å². The molecule has 0 aliphatic rings. The number of pyridine rings is 1. The number of Topliss-reactive ketones (excluding diaryl/α,β-unsaturated/α-hetero) is 1. The van der Waals surface area contributed by atoms with Crippen molar-refractivity contribution >= 4 is 5.78 Å². The van der Waals surface area contributed by atoms with Crippen molar-refractivity contribution in [1.29, 1.82) is 0 Å². The van der Waals surface area contributed by atoms with E-state index >= 15 is 0 Å². The number of carbonyl (C=O) groups is 1. The maximum absolute atomic E-state index is 13.2. The van der Waals surface area contributed by atoms with E-state index in [2.05, 4.69) is 24.0 Å². The zero-order valence-corrected chi connectivity index (χ0v) is 14.1. The third-order valence-electron chi connectivity index (χ3n) is 4.29. The highest BCUT2D eigenvalue weighted by molar-refractivity contribution is 5.91. The lowest BCUT2D eigenvalue weighted by Gasteiger charge is -2.19. The number of ketones is 1. The second-order valence-corrected chi connectivity index (χ2v) is 6.15. The summed E-state index contributed by atoms with van der Waals surface area (Å²) in [5.74, 6) is -0.0260. The van der Waals surface area contributed by atoms with Crippen molar-refractivity contribution in [2.45, 2.75) is 26.2 Å². The molecule has 2 heteroatoms. The summed E-state index contributed by atoms with van der Waals surface area (Å²) < 4.78 is 0. The second kappa shape index (κ2) is 7.22. The van der Waals surface area contributed by atoms with E-state index in [-0.39, 0.29) is 11.7 Å². The van der Waals surface area contributed by atoms with Crippen LogP contribution in [0.4, 0.5) is 0 Å².